The highest BCUT2D eigenvalue weighted by molar-refractivity contribution is 7.89. The molecule has 0 amide bonds. The van der Waals surface area contributed by atoms with Crippen LogP contribution < -0.4 is 4.72 Å². The van der Waals surface area contributed by atoms with Crippen LogP contribution in [0.4, 0.5) is 0 Å². The fourth-order valence-electron chi connectivity index (χ4n) is 2.70. The third-order valence-electron chi connectivity index (χ3n) is 3.87. The molecule has 0 spiro atoms. The van der Waals surface area contributed by atoms with Gasteiger partial charge in [0.15, 0.2) is 0 Å². The third kappa shape index (κ3) is 5.21. The molecular formula is C15H23ClN2O3S. The zero-order valence-electron chi connectivity index (χ0n) is 12.8. The fraction of sp³-hybridized carbons (Fsp3) is 0.600. The van der Waals surface area contributed by atoms with Gasteiger partial charge in [-0.05, 0) is 43.6 Å². The predicted molar refractivity (Wildman–Crippen MR) is 88.7 cm³/mol. The largest absolute Gasteiger partial charge is 0.384 e. The highest BCUT2D eigenvalue weighted by Crippen LogP contribution is 2.26. The average molecular weight is 347 g/mol. The fourth-order valence-corrected chi connectivity index (χ4v) is 3.84. The number of ether oxygens (including phenoxy) is 1. The van der Waals surface area contributed by atoms with Gasteiger partial charge in [-0.2, -0.15) is 0 Å². The molecule has 1 N–H and O–H groups in total. The maximum Gasteiger partial charge on any atom is 0.213 e. The smallest absolute Gasteiger partial charge is 0.213 e. The Labute approximate surface area is 137 Å². The van der Waals surface area contributed by atoms with E-state index < -0.39 is 10.0 Å². The van der Waals surface area contributed by atoms with E-state index in [0.717, 1.165) is 31.5 Å². The van der Waals surface area contributed by atoms with E-state index >= 15 is 0 Å². The molecule has 1 unspecified atom stereocenters. The minimum atomic E-state index is -3.32. The Morgan fingerprint density at radius 2 is 2.09 bits per heavy atom. The molecule has 0 radical (unpaired) electrons. The summed E-state index contributed by atoms with van der Waals surface area (Å²) in [5, 5.41) is 0.670. The van der Waals surface area contributed by atoms with Crippen molar-refractivity contribution in [2.45, 2.75) is 18.9 Å². The topological polar surface area (TPSA) is 58.6 Å². The van der Waals surface area contributed by atoms with Crippen LogP contribution in [0, 0.1) is 0 Å². The van der Waals surface area contributed by atoms with Crippen LogP contribution in [-0.4, -0.2) is 52.4 Å². The van der Waals surface area contributed by atoms with E-state index in [0.29, 0.717) is 11.6 Å². The molecule has 1 aromatic carbocycles. The molecule has 0 aromatic heterocycles. The number of sulfonamides is 1. The second-order valence-corrected chi connectivity index (χ2v) is 7.84. The number of rotatable bonds is 8. The Kier molecular flexibility index (Phi) is 6.65. The summed E-state index contributed by atoms with van der Waals surface area (Å²) in [5.74, 6) is -0.0221. The molecule has 1 atom stereocenters. The Hall–Kier alpha value is -0.660. The van der Waals surface area contributed by atoms with Crippen molar-refractivity contribution in [2.24, 2.45) is 0 Å². The summed E-state index contributed by atoms with van der Waals surface area (Å²) in [6, 6.07) is 7.65. The monoisotopic (exact) mass is 346 g/mol. The molecule has 7 heteroatoms. The van der Waals surface area contributed by atoms with Crippen molar-refractivity contribution >= 4 is 21.6 Å². The Balaban J connectivity index is 2.08. The van der Waals surface area contributed by atoms with E-state index in [9.17, 15) is 8.42 Å². The Morgan fingerprint density at radius 1 is 1.36 bits per heavy atom. The van der Waals surface area contributed by atoms with Gasteiger partial charge in [0.2, 0.25) is 10.0 Å². The number of nitrogens with zero attached hydrogens (tertiary/aromatic N) is 1. The summed E-state index contributed by atoms with van der Waals surface area (Å²) in [4.78, 5) is 2.31. The number of hydrogen-bond donors (Lipinski definition) is 1. The lowest BCUT2D eigenvalue weighted by Crippen LogP contribution is -2.38. The molecule has 1 aliphatic rings. The van der Waals surface area contributed by atoms with Gasteiger partial charge < -0.3 is 4.74 Å². The molecule has 1 aromatic rings. The van der Waals surface area contributed by atoms with E-state index in [-0.39, 0.29) is 18.4 Å². The molecule has 0 aliphatic carbocycles. The first kappa shape index (κ1) is 17.7. The molecule has 1 heterocycles. The van der Waals surface area contributed by atoms with E-state index in [2.05, 4.69) is 9.62 Å². The van der Waals surface area contributed by atoms with E-state index in [1.54, 1.807) is 0 Å². The van der Waals surface area contributed by atoms with E-state index in [1.165, 1.54) is 7.11 Å². The molecular weight excluding hydrogens is 324 g/mol. The zero-order chi connectivity index (χ0) is 16.0. The Morgan fingerprint density at radius 3 is 2.73 bits per heavy atom. The van der Waals surface area contributed by atoms with Crippen LogP contribution in [0.3, 0.4) is 0 Å². The number of likely N-dealkylation sites (tertiary alicyclic amines) is 1. The van der Waals surface area contributed by atoms with Crippen LogP contribution in [0.1, 0.15) is 24.4 Å². The summed E-state index contributed by atoms with van der Waals surface area (Å²) < 4.78 is 31.5. The lowest BCUT2D eigenvalue weighted by atomic mass is 10.1. The van der Waals surface area contributed by atoms with Crippen LogP contribution >= 0.6 is 11.6 Å². The first-order chi connectivity index (χ1) is 10.5. The van der Waals surface area contributed by atoms with Crippen molar-refractivity contribution < 1.29 is 13.2 Å². The summed E-state index contributed by atoms with van der Waals surface area (Å²) in [7, 11) is -1.83. The second-order valence-electron chi connectivity index (χ2n) is 5.47. The SMILES string of the molecule is COCCS(=O)(=O)NCC(c1cccc(Cl)c1)N1CCCC1. The molecule has 1 saturated heterocycles. The number of methoxy groups -OCH3 is 1. The van der Waals surface area contributed by atoms with Gasteiger partial charge in [-0.15, -0.1) is 0 Å². The first-order valence-electron chi connectivity index (χ1n) is 7.47. The minimum Gasteiger partial charge on any atom is -0.384 e. The molecule has 5 nitrogen and oxygen atoms in total. The molecule has 1 aliphatic heterocycles. The molecule has 0 saturated carbocycles. The van der Waals surface area contributed by atoms with Crippen molar-refractivity contribution in [3.63, 3.8) is 0 Å². The molecule has 22 heavy (non-hydrogen) atoms. The summed E-state index contributed by atoms with van der Waals surface area (Å²) in [5.41, 5.74) is 1.05. The zero-order valence-corrected chi connectivity index (χ0v) is 14.4. The number of benzene rings is 1. The van der Waals surface area contributed by atoms with Crippen molar-refractivity contribution in [1.82, 2.24) is 9.62 Å². The number of hydrogen-bond acceptors (Lipinski definition) is 4. The highest BCUT2D eigenvalue weighted by atomic mass is 35.5. The maximum atomic E-state index is 12.0. The lowest BCUT2D eigenvalue weighted by Gasteiger charge is -2.28. The van der Waals surface area contributed by atoms with Crippen LogP contribution in [0.2, 0.25) is 5.02 Å². The summed E-state index contributed by atoms with van der Waals surface area (Å²) in [6.45, 7) is 2.52. The average Bonchev–Trinajstić information content (AvgIpc) is 2.99. The van der Waals surface area contributed by atoms with Crippen LogP contribution in [-0.2, 0) is 14.8 Å². The number of nitrogens with one attached hydrogen (secondary N) is 1. The normalized spacial score (nSPS) is 17.7. The van der Waals surface area contributed by atoms with Crippen LogP contribution in [0.25, 0.3) is 0 Å². The standard InChI is InChI=1S/C15H23ClN2O3S/c1-21-9-10-22(19,20)17-12-15(18-7-2-3-8-18)13-5-4-6-14(16)11-13/h4-6,11,15,17H,2-3,7-10,12H2,1H3. The van der Waals surface area contributed by atoms with Crippen molar-refractivity contribution in [3.8, 4) is 0 Å². The Bertz CT molecular complexity index is 574. The van der Waals surface area contributed by atoms with Gasteiger partial charge in [-0.1, -0.05) is 23.7 Å². The molecule has 2 rings (SSSR count). The van der Waals surface area contributed by atoms with Crippen LogP contribution in [0.5, 0.6) is 0 Å². The molecule has 0 bridgehead atoms. The van der Waals surface area contributed by atoms with Gasteiger partial charge in [-0.25, -0.2) is 13.1 Å². The van der Waals surface area contributed by atoms with Gasteiger partial charge in [0.05, 0.1) is 12.4 Å². The predicted octanol–water partition coefficient (Wildman–Crippen LogP) is 2.04. The van der Waals surface area contributed by atoms with Crippen molar-refractivity contribution in [3.05, 3.63) is 34.9 Å². The van der Waals surface area contributed by atoms with Crippen molar-refractivity contribution in [2.75, 3.05) is 39.1 Å². The van der Waals surface area contributed by atoms with Crippen LogP contribution in [0.15, 0.2) is 24.3 Å². The molecule has 124 valence electrons. The van der Waals surface area contributed by atoms with Gasteiger partial charge in [0.1, 0.15) is 0 Å². The highest BCUT2D eigenvalue weighted by Gasteiger charge is 2.25. The number of halogens is 1. The van der Waals surface area contributed by atoms with Gasteiger partial charge in [0.25, 0.3) is 0 Å². The quantitative estimate of drug-likeness (QED) is 0.782. The van der Waals surface area contributed by atoms with Gasteiger partial charge in [0, 0.05) is 24.7 Å². The lowest BCUT2D eigenvalue weighted by molar-refractivity contribution is 0.216. The van der Waals surface area contributed by atoms with E-state index in [1.807, 2.05) is 24.3 Å². The third-order valence-corrected chi connectivity index (χ3v) is 5.41. The van der Waals surface area contributed by atoms with Gasteiger partial charge >= 0.3 is 0 Å². The molecule has 1 fully saturated rings. The maximum absolute atomic E-state index is 12.0. The minimum absolute atomic E-state index is 0.0125. The second kappa shape index (κ2) is 8.26. The van der Waals surface area contributed by atoms with Gasteiger partial charge in [-0.3, -0.25) is 4.90 Å². The first-order valence-corrected chi connectivity index (χ1v) is 9.50. The summed E-state index contributed by atoms with van der Waals surface area (Å²) >= 11 is 6.08. The summed E-state index contributed by atoms with van der Waals surface area (Å²) in [6.07, 6.45) is 2.29. The van der Waals surface area contributed by atoms with E-state index in [4.69, 9.17) is 16.3 Å². The van der Waals surface area contributed by atoms with Crippen molar-refractivity contribution in [1.29, 1.82) is 0 Å².